The minimum Gasteiger partial charge on any atom is -0.382 e. The first-order chi connectivity index (χ1) is 19.3. The summed E-state index contributed by atoms with van der Waals surface area (Å²) in [5.41, 5.74) is 8.71. The van der Waals surface area contributed by atoms with Crippen LogP contribution < -0.4 is 10.5 Å². The van der Waals surface area contributed by atoms with Crippen LogP contribution in [0.5, 0.6) is 0 Å². The lowest BCUT2D eigenvalue weighted by Gasteiger charge is -2.32. The first-order valence-electron chi connectivity index (χ1n) is 13.4. The molecule has 0 saturated carbocycles. The number of para-hydroxylation sites is 1. The van der Waals surface area contributed by atoms with Crippen LogP contribution in [-0.2, 0) is 14.8 Å². The van der Waals surface area contributed by atoms with Gasteiger partial charge < -0.3 is 19.9 Å². The maximum Gasteiger partial charge on any atom is 0.331 e. The second-order valence-corrected chi connectivity index (χ2v) is 12.2. The Balaban J connectivity index is 1.11. The summed E-state index contributed by atoms with van der Waals surface area (Å²) >= 11 is 5.83. The Bertz CT molecular complexity index is 1600. The number of urea groups is 1. The fourth-order valence-electron chi connectivity index (χ4n) is 5.19. The molecule has 2 aromatic heterocycles. The van der Waals surface area contributed by atoms with Crippen molar-refractivity contribution in [3.8, 4) is 0 Å². The minimum absolute atomic E-state index is 0.000296. The number of hydrogen-bond donors (Lipinski definition) is 2. The van der Waals surface area contributed by atoms with Crippen molar-refractivity contribution in [2.45, 2.75) is 43.5 Å². The minimum atomic E-state index is -3.95. The summed E-state index contributed by atoms with van der Waals surface area (Å²) in [7, 11) is -3.95. The van der Waals surface area contributed by atoms with Gasteiger partial charge in [-0.1, -0.05) is 36.7 Å². The molecule has 0 radical (unpaired) electrons. The molecule has 0 spiro atoms. The van der Waals surface area contributed by atoms with Crippen molar-refractivity contribution in [1.29, 1.82) is 0 Å². The van der Waals surface area contributed by atoms with Gasteiger partial charge in [0.05, 0.1) is 34.9 Å². The molecule has 2 aromatic carbocycles. The van der Waals surface area contributed by atoms with Crippen LogP contribution in [0.3, 0.4) is 0 Å². The molecule has 0 bridgehead atoms. The molecule has 1 aliphatic heterocycles. The number of nitrogens with one attached hydrogen (secondary N) is 1. The van der Waals surface area contributed by atoms with E-state index in [1.807, 2.05) is 30.6 Å². The van der Waals surface area contributed by atoms with Gasteiger partial charge in [0.25, 0.3) is 10.0 Å². The predicted octanol–water partition coefficient (Wildman–Crippen LogP) is 4.99. The van der Waals surface area contributed by atoms with Crippen LogP contribution in [0.2, 0.25) is 5.02 Å². The number of aromatic nitrogens is 3. The number of rotatable bonds is 9. The highest BCUT2D eigenvalue weighted by atomic mass is 35.5. The standard InChI is InChI=1S/C28H33ClN6O4S/c1-2-21(35-18-31-25-26(35)23-5-3-4-6-24(23)32-27(25)30)17-39-16-13-19-11-14-34(15-12-19)28(36)33-40(37,38)22-9-7-20(29)8-10-22/h3-10,18-19,21H,2,11-17H2,1H3,(H2,30,32)(H,33,36). The number of fused-ring (bicyclic) bond motifs is 3. The van der Waals surface area contributed by atoms with Crippen LogP contribution in [0, 0.1) is 5.92 Å². The number of sulfonamides is 1. The highest BCUT2D eigenvalue weighted by molar-refractivity contribution is 7.90. The fraction of sp³-hybridized carbons (Fsp3) is 0.393. The van der Waals surface area contributed by atoms with Gasteiger partial charge in [0.1, 0.15) is 5.52 Å². The Kier molecular flexibility index (Phi) is 8.43. The Hall–Kier alpha value is -3.41. The highest BCUT2D eigenvalue weighted by Gasteiger charge is 2.26. The lowest BCUT2D eigenvalue weighted by molar-refractivity contribution is 0.0822. The van der Waals surface area contributed by atoms with Gasteiger partial charge in [0.2, 0.25) is 0 Å². The van der Waals surface area contributed by atoms with Crippen molar-refractivity contribution in [1.82, 2.24) is 24.2 Å². The maximum atomic E-state index is 12.6. The van der Waals surface area contributed by atoms with Gasteiger partial charge >= 0.3 is 6.03 Å². The van der Waals surface area contributed by atoms with E-state index in [0.717, 1.165) is 42.1 Å². The van der Waals surface area contributed by atoms with Gasteiger partial charge in [-0.25, -0.2) is 27.9 Å². The topological polar surface area (TPSA) is 132 Å². The predicted molar refractivity (Wildman–Crippen MR) is 156 cm³/mol. The molecule has 1 atom stereocenters. The Morgan fingerprint density at radius 3 is 2.62 bits per heavy atom. The van der Waals surface area contributed by atoms with E-state index in [2.05, 4.69) is 26.2 Å². The zero-order valence-electron chi connectivity index (χ0n) is 22.3. The number of piperidine rings is 1. The van der Waals surface area contributed by atoms with Crippen LogP contribution in [0.15, 0.2) is 59.8 Å². The van der Waals surface area contributed by atoms with Crippen LogP contribution in [0.1, 0.15) is 38.6 Å². The third-order valence-corrected chi connectivity index (χ3v) is 9.12. The van der Waals surface area contributed by atoms with Crippen LogP contribution >= 0.6 is 11.6 Å². The zero-order chi connectivity index (χ0) is 28.3. The van der Waals surface area contributed by atoms with E-state index in [4.69, 9.17) is 22.1 Å². The number of nitrogen functional groups attached to an aromatic ring is 1. The summed E-state index contributed by atoms with van der Waals surface area (Å²) in [6, 6.07) is 13.1. The summed E-state index contributed by atoms with van der Waals surface area (Å²) in [5, 5.41) is 1.44. The lowest BCUT2D eigenvalue weighted by Crippen LogP contribution is -2.46. The van der Waals surface area contributed by atoms with E-state index in [0.29, 0.717) is 48.6 Å². The number of amides is 2. The van der Waals surface area contributed by atoms with Gasteiger partial charge in [-0.3, -0.25) is 0 Å². The number of nitrogens with zero attached hydrogens (tertiary/aromatic N) is 4. The Morgan fingerprint density at radius 2 is 1.90 bits per heavy atom. The van der Waals surface area contributed by atoms with Crippen molar-refractivity contribution in [2.75, 3.05) is 32.0 Å². The monoisotopic (exact) mass is 584 g/mol. The number of halogens is 1. The smallest absolute Gasteiger partial charge is 0.331 e. The number of nitrogens with two attached hydrogens (primary N) is 1. The average molecular weight is 585 g/mol. The van der Waals surface area contributed by atoms with Crippen molar-refractivity contribution < 1.29 is 17.9 Å². The van der Waals surface area contributed by atoms with Crippen molar-refractivity contribution in [3.63, 3.8) is 0 Å². The normalized spacial score (nSPS) is 15.5. The van der Waals surface area contributed by atoms with Crippen LogP contribution in [0.25, 0.3) is 21.9 Å². The molecule has 12 heteroatoms. The average Bonchev–Trinajstić information content (AvgIpc) is 3.39. The molecular formula is C28H33ClN6O4S. The molecule has 5 rings (SSSR count). The summed E-state index contributed by atoms with van der Waals surface area (Å²) in [4.78, 5) is 23.2. The van der Waals surface area contributed by atoms with E-state index in [9.17, 15) is 13.2 Å². The van der Waals surface area contributed by atoms with E-state index >= 15 is 0 Å². The summed E-state index contributed by atoms with van der Waals surface area (Å²) in [6.45, 7) is 4.26. The first kappa shape index (κ1) is 28.1. The molecule has 1 aliphatic rings. The molecule has 1 saturated heterocycles. The third kappa shape index (κ3) is 6.01. The number of hydrogen-bond acceptors (Lipinski definition) is 7. The van der Waals surface area contributed by atoms with E-state index in [1.165, 1.54) is 24.3 Å². The van der Waals surface area contributed by atoms with Crippen LogP contribution in [-0.4, -0.2) is 60.2 Å². The second kappa shape index (κ2) is 12.0. The molecule has 212 valence electrons. The number of imidazole rings is 1. The number of carbonyl (C=O) groups is 1. The van der Waals surface area contributed by atoms with E-state index < -0.39 is 16.1 Å². The number of anilines is 1. The molecular weight excluding hydrogens is 552 g/mol. The van der Waals surface area contributed by atoms with Gasteiger partial charge in [-0.15, -0.1) is 0 Å². The van der Waals surface area contributed by atoms with Crippen molar-refractivity contribution >= 4 is 55.4 Å². The molecule has 2 amide bonds. The molecule has 10 nitrogen and oxygen atoms in total. The van der Waals surface area contributed by atoms with Crippen molar-refractivity contribution in [2.24, 2.45) is 5.92 Å². The number of pyridine rings is 1. The van der Waals surface area contributed by atoms with Gasteiger partial charge in [0.15, 0.2) is 5.82 Å². The second-order valence-electron chi connectivity index (χ2n) is 10.1. The number of carbonyl (C=O) groups excluding carboxylic acids is 1. The molecule has 3 heterocycles. The highest BCUT2D eigenvalue weighted by Crippen LogP contribution is 2.30. The largest absolute Gasteiger partial charge is 0.382 e. The fourth-order valence-corrected chi connectivity index (χ4v) is 6.28. The third-order valence-electron chi connectivity index (χ3n) is 7.53. The quantitative estimate of drug-likeness (QED) is 0.265. The molecule has 0 aliphatic carbocycles. The molecule has 1 unspecified atom stereocenters. The Morgan fingerprint density at radius 1 is 1.18 bits per heavy atom. The van der Waals surface area contributed by atoms with E-state index in [-0.39, 0.29) is 10.9 Å². The van der Waals surface area contributed by atoms with Gasteiger partial charge in [-0.05, 0) is 61.9 Å². The molecule has 1 fully saturated rings. The van der Waals surface area contributed by atoms with E-state index in [1.54, 1.807) is 4.90 Å². The summed E-state index contributed by atoms with van der Waals surface area (Å²) in [6.07, 6.45) is 5.15. The molecule has 40 heavy (non-hydrogen) atoms. The molecule has 3 N–H and O–H groups in total. The van der Waals surface area contributed by atoms with Gasteiger partial charge in [-0.2, -0.15) is 0 Å². The number of benzene rings is 2. The number of ether oxygens (including phenoxy) is 1. The first-order valence-corrected chi connectivity index (χ1v) is 15.3. The maximum absolute atomic E-state index is 12.6. The zero-order valence-corrected chi connectivity index (χ0v) is 23.9. The van der Waals surface area contributed by atoms with Gasteiger partial charge in [0, 0.05) is 30.1 Å². The summed E-state index contributed by atoms with van der Waals surface area (Å²) < 4.78 is 35.5. The molecule has 4 aromatic rings. The van der Waals surface area contributed by atoms with Crippen LogP contribution in [0.4, 0.5) is 10.6 Å². The summed E-state index contributed by atoms with van der Waals surface area (Å²) in [5.74, 6) is 0.826. The Labute approximate surface area is 238 Å². The number of likely N-dealkylation sites (tertiary alicyclic amines) is 1. The SMILES string of the molecule is CCC(COCCC1CCN(C(=O)NS(=O)(=O)c2ccc(Cl)cc2)CC1)n1cnc2c(N)nc3ccccc3c21. The van der Waals surface area contributed by atoms with Crippen molar-refractivity contribution in [3.05, 3.63) is 59.9 Å². The lowest BCUT2D eigenvalue weighted by atomic mass is 9.94.